The normalized spacial score (nSPS) is 18.9. The van der Waals surface area contributed by atoms with Crippen LogP contribution in [0, 0.1) is 11.7 Å². The lowest BCUT2D eigenvalue weighted by Gasteiger charge is -2.31. The van der Waals surface area contributed by atoms with Crippen LogP contribution in [0.25, 0.3) is 0 Å². The molecule has 2 aromatic rings. The Hall–Kier alpha value is -2.62. The van der Waals surface area contributed by atoms with Crippen molar-refractivity contribution in [3.05, 3.63) is 58.0 Å². The number of benzene rings is 1. The van der Waals surface area contributed by atoms with E-state index in [-0.39, 0.29) is 30.1 Å². The number of halogens is 1. The van der Waals surface area contributed by atoms with Gasteiger partial charge in [-0.1, -0.05) is 38.1 Å². The highest BCUT2D eigenvalue weighted by Gasteiger charge is 2.36. The van der Waals surface area contributed by atoms with Crippen molar-refractivity contribution in [3.63, 3.8) is 0 Å². The minimum atomic E-state index is -0.541. The predicted molar refractivity (Wildman–Crippen MR) is 130 cm³/mol. The van der Waals surface area contributed by atoms with Gasteiger partial charge in [0.2, 0.25) is 5.91 Å². The number of hydrogen-bond acceptors (Lipinski definition) is 6. The molecule has 9 heteroatoms. The quantitative estimate of drug-likeness (QED) is 0.574. The van der Waals surface area contributed by atoms with Crippen LogP contribution in [-0.4, -0.2) is 78.3 Å². The van der Waals surface area contributed by atoms with Crippen LogP contribution in [-0.2, 0) is 14.3 Å². The zero-order valence-corrected chi connectivity index (χ0v) is 20.5. The highest BCUT2D eigenvalue weighted by molar-refractivity contribution is 7.12. The fourth-order valence-electron chi connectivity index (χ4n) is 4.27. The van der Waals surface area contributed by atoms with E-state index in [9.17, 15) is 14.0 Å². The van der Waals surface area contributed by atoms with Crippen molar-refractivity contribution in [3.8, 4) is 0 Å². The molecule has 1 aromatic heterocycles. The minimum absolute atomic E-state index is 0.0780. The number of morpholine rings is 1. The van der Waals surface area contributed by atoms with E-state index in [2.05, 4.69) is 10.0 Å². The third-order valence-electron chi connectivity index (χ3n) is 6.16. The molecule has 1 aromatic carbocycles. The molecule has 0 aliphatic carbocycles. The highest BCUT2D eigenvalue weighted by Crippen LogP contribution is 2.35. The van der Waals surface area contributed by atoms with Crippen LogP contribution >= 0.6 is 11.3 Å². The summed E-state index contributed by atoms with van der Waals surface area (Å²) in [4.78, 5) is 31.3. The van der Waals surface area contributed by atoms with Crippen molar-refractivity contribution in [2.45, 2.75) is 26.3 Å². The van der Waals surface area contributed by atoms with E-state index in [0.29, 0.717) is 38.3 Å². The van der Waals surface area contributed by atoms with E-state index in [0.717, 1.165) is 23.7 Å². The van der Waals surface area contributed by atoms with Crippen molar-refractivity contribution >= 4 is 28.9 Å². The Balaban J connectivity index is 1.54. The molecule has 0 saturated carbocycles. The molecule has 3 heterocycles. The number of nitrogens with zero attached hydrogens (tertiary/aromatic N) is 4. The van der Waals surface area contributed by atoms with Gasteiger partial charge in [0, 0.05) is 44.1 Å². The zero-order valence-electron chi connectivity index (χ0n) is 19.7. The molecule has 1 saturated heterocycles. The first-order valence-electron chi connectivity index (χ1n) is 11.7. The molecule has 0 spiro atoms. The van der Waals surface area contributed by atoms with Gasteiger partial charge in [0.1, 0.15) is 12.4 Å². The number of thiophene rings is 1. The van der Waals surface area contributed by atoms with E-state index in [1.165, 1.54) is 22.4 Å². The standard InChI is InChI=1S/C25H31FN4O3S/c1-18(2)25(32)29(10-9-28-11-13-33-14-12-28)17-24(31)30-22(19-6-3-4-7-20(19)26)16-21(27-30)23-8-5-15-34-23/h3-8,15,18,22H,9-14,16-17H2,1-2H3/t22-/m1/s1. The number of carbonyl (C=O) groups is 2. The SMILES string of the molecule is CC(C)C(=O)N(CCN1CCOCC1)CC(=O)N1N=C(c2cccs2)C[C@@H]1c1ccccc1F. The summed E-state index contributed by atoms with van der Waals surface area (Å²) in [6, 6.07) is 9.84. The maximum Gasteiger partial charge on any atom is 0.262 e. The average Bonchev–Trinajstić information content (AvgIpc) is 3.52. The first-order valence-corrected chi connectivity index (χ1v) is 12.6. The fourth-order valence-corrected chi connectivity index (χ4v) is 5.00. The summed E-state index contributed by atoms with van der Waals surface area (Å²) >= 11 is 1.54. The lowest BCUT2D eigenvalue weighted by atomic mass is 10.0. The average molecular weight is 487 g/mol. The lowest BCUT2D eigenvalue weighted by Crippen LogP contribution is -2.47. The molecule has 1 fully saturated rings. The molecule has 1 atom stereocenters. The van der Waals surface area contributed by atoms with Gasteiger partial charge >= 0.3 is 0 Å². The molecular formula is C25H31FN4O3S. The minimum Gasteiger partial charge on any atom is -0.379 e. The molecule has 0 radical (unpaired) electrons. The summed E-state index contributed by atoms with van der Waals surface area (Å²) in [5, 5.41) is 7.95. The molecule has 0 N–H and O–H groups in total. The fraction of sp³-hybridized carbons (Fsp3) is 0.480. The largest absolute Gasteiger partial charge is 0.379 e. The number of carbonyl (C=O) groups excluding carboxylic acids is 2. The van der Waals surface area contributed by atoms with E-state index in [1.54, 1.807) is 23.1 Å². The van der Waals surface area contributed by atoms with Gasteiger partial charge in [0.05, 0.1) is 29.8 Å². The van der Waals surface area contributed by atoms with Crippen LogP contribution in [0.2, 0.25) is 0 Å². The van der Waals surface area contributed by atoms with E-state index < -0.39 is 6.04 Å². The van der Waals surface area contributed by atoms with Gasteiger partial charge in [-0.05, 0) is 17.5 Å². The van der Waals surface area contributed by atoms with Crippen LogP contribution in [0.1, 0.15) is 36.8 Å². The van der Waals surface area contributed by atoms with E-state index in [1.807, 2.05) is 31.4 Å². The van der Waals surface area contributed by atoms with Crippen LogP contribution in [0.3, 0.4) is 0 Å². The first kappa shape index (κ1) is 24.5. The van der Waals surface area contributed by atoms with Gasteiger partial charge in [0.25, 0.3) is 5.91 Å². The molecule has 182 valence electrons. The van der Waals surface area contributed by atoms with Crippen LogP contribution in [0.15, 0.2) is 46.9 Å². The summed E-state index contributed by atoms with van der Waals surface area (Å²) in [7, 11) is 0. The first-order chi connectivity index (χ1) is 16.4. The molecule has 0 bridgehead atoms. The molecule has 4 rings (SSSR count). The third-order valence-corrected chi connectivity index (χ3v) is 7.08. The zero-order chi connectivity index (χ0) is 24.1. The number of amides is 2. The Morgan fingerprint density at radius 2 is 1.97 bits per heavy atom. The van der Waals surface area contributed by atoms with Crippen molar-refractivity contribution < 1.29 is 18.7 Å². The van der Waals surface area contributed by atoms with Gasteiger partial charge in [0.15, 0.2) is 0 Å². The maximum atomic E-state index is 14.7. The highest BCUT2D eigenvalue weighted by atomic mass is 32.1. The van der Waals surface area contributed by atoms with Crippen molar-refractivity contribution in [1.29, 1.82) is 0 Å². The van der Waals surface area contributed by atoms with Crippen molar-refractivity contribution in [2.75, 3.05) is 45.9 Å². The number of ether oxygens (including phenoxy) is 1. The maximum absolute atomic E-state index is 14.7. The van der Waals surface area contributed by atoms with Gasteiger partial charge in [-0.2, -0.15) is 5.10 Å². The lowest BCUT2D eigenvalue weighted by molar-refractivity contribution is -0.143. The van der Waals surface area contributed by atoms with Gasteiger partial charge in [-0.25, -0.2) is 9.40 Å². The van der Waals surface area contributed by atoms with Crippen LogP contribution in [0.4, 0.5) is 4.39 Å². The summed E-state index contributed by atoms with van der Waals surface area (Å²) < 4.78 is 20.1. The van der Waals surface area contributed by atoms with Gasteiger partial charge in [-0.3, -0.25) is 14.5 Å². The molecule has 2 amide bonds. The Labute approximate surface area is 203 Å². The molecular weight excluding hydrogens is 455 g/mol. The monoisotopic (exact) mass is 486 g/mol. The Bertz CT molecular complexity index is 1020. The van der Waals surface area contributed by atoms with Crippen molar-refractivity contribution in [2.24, 2.45) is 11.0 Å². The summed E-state index contributed by atoms with van der Waals surface area (Å²) in [5.41, 5.74) is 1.19. The second-order valence-electron chi connectivity index (χ2n) is 8.87. The predicted octanol–water partition coefficient (Wildman–Crippen LogP) is 3.38. The van der Waals surface area contributed by atoms with Crippen molar-refractivity contribution in [1.82, 2.24) is 14.8 Å². The smallest absolute Gasteiger partial charge is 0.262 e. The number of hydrogen-bond donors (Lipinski definition) is 0. The Kier molecular flexibility index (Phi) is 8.07. The number of hydrazone groups is 1. The molecule has 2 aliphatic heterocycles. The third kappa shape index (κ3) is 5.71. The molecule has 7 nitrogen and oxygen atoms in total. The van der Waals surface area contributed by atoms with Crippen LogP contribution < -0.4 is 0 Å². The summed E-state index contributed by atoms with van der Waals surface area (Å²) in [5.74, 6) is -0.986. The Morgan fingerprint density at radius 1 is 1.21 bits per heavy atom. The van der Waals surface area contributed by atoms with E-state index >= 15 is 0 Å². The summed E-state index contributed by atoms with van der Waals surface area (Å²) in [6.45, 7) is 7.68. The second-order valence-corrected chi connectivity index (χ2v) is 9.82. The molecule has 0 unspecified atom stereocenters. The van der Waals surface area contributed by atoms with Gasteiger partial charge in [-0.15, -0.1) is 11.3 Å². The number of rotatable bonds is 8. The molecule has 2 aliphatic rings. The Morgan fingerprint density at radius 3 is 2.65 bits per heavy atom. The summed E-state index contributed by atoms with van der Waals surface area (Å²) in [6.07, 6.45) is 0.430. The second kappa shape index (κ2) is 11.2. The van der Waals surface area contributed by atoms with Gasteiger partial charge < -0.3 is 9.64 Å². The molecule has 34 heavy (non-hydrogen) atoms. The topological polar surface area (TPSA) is 65.5 Å². The van der Waals surface area contributed by atoms with E-state index in [4.69, 9.17) is 4.74 Å². The van der Waals surface area contributed by atoms with Crippen LogP contribution in [0.5, 0.6) is 0 Å².